The minimum absolute atomic E-state index is 0.157. The molecule has 0 saturated carbocycles. The number of thioether (sulfide) groups is 1. The zero-order valence-electron chi connectivity index (χ0n) is 8.70. The van der Waals surface area contributed by atoms with Crippen LogP contribution in [0.15, 0.2) is 17.6 Å². The van der Waals surface area contributed by atoms with Crippen molar-refractivity contribution in [3.05, 3.63) is 12.6 Å². The van der Waals surface area contributed by atoms with Crippen molar-refractivity contribution < 1.29 is 4.15 Å². The minimum atomic E-state index is -0.199. The highest BCUT2D eigenvalue weighted by Gasteiger charge is 2.02. The van der Waals surface area contributed by atoms with E-state index in [1.54, 1.807) is 6.26 Å². The molecule has 0 radical (unpaired) electrons. The first kappa shape index (κ1) is 4.06. The van der Waals surface area contributed by atoms with E-state index in [4.69, 9.17) is 4.15 Å². The third kappa shape index (κ3) is 0.970. The Balaban J connectivity index is 2.87. The summed E-state index contributed by atoms with van der Waals surface area (Å²) in [7, 11) is 0. The molecule has 56 valence electrons. The fraction of sp³-hybridized carbons (Fsp3) is 0.167. The molecule has 2 aromatic heterocycles. The lowest BCUT2D eigenvalue weighted by molar-refractivity contribution is 1.09. The van der Waals surface area contributed by atoms with E-state index in [1.807, 2.05) is 0 Å². The summed E-state index contributed by atoms with van der Waals surface area (Å²) in [4.78, 5) is 12.2. The van der Waals surface area contributed by atoms with Gasteiger partial charge in [-0.25, -0.2) is 15.0 Å². The molecule has 0 spiro atoms. The average Bonchev–Trinajstić information content (AvgIpc) is 2.43. The fourth-order valence-electron chi connectivity index (χ4n) is 0.760. The number of H-pyrrole nitrogens is 1. The number of aromatic nitrogens is 4. The van der Waals surface area contributed by atoms with Crippen LogP contribution in [0.1, 0.15) is 2.74 Å². The van der Waals surface area contributed by atoms with Gasteiger partial charge in [0, 0.05) is 0 Å². The summed E-state index contributed by atoms with van der Waals surface area (Å²) < 4.78 is 22.0. The molecule has 1 N–H and O–H groups in total. The minimum Gasteiger partial charge on any atom is -0.329 e. The first-order valence-corrected chi connectivity index (χ1v) is 4.13. The zero-order chi connectivity index (χ0) is 10.3. The van der Waals surface area contributed by atoms with Crippen LogP contribution in [0.2, 0.25) is 1.41 Å². The van der Waals surface area contributed by atoms with Gasteiger partial charge in [0.2, 0.25) is 0 Å². The molecule has 0 atom stereocenters. The molecular weight excluding hydrogens is 160 g/mol. The Kier molecular flexibility index (Phi) is 0.923. The Morgan fingerprint density at radius 1 is 1.64 bits per heavy atom. The Hall–Kier alpha value is -1.10. The van der Waals surface area contributed by atoms with Crippen molar-refractivity contribution in [3.63, 3.8) is 0 Å². The smallest absolute Gasteiger partial charge is 0.169 e. The van der Waals surface area contributed by atoms with Crippen LogP contribution in [0.5, 0.6) is 0 Å². The number of nitrogens with zero attached hydrogens (tertiary/aromatic N) is 3. The maximum Gasteiger partial charge on any atom is 0.169 e. The van der Waals surface area contributed by atoms with Crippen molar-refractivity contribution in [2.45, 2.75) is 5.03 Å². The van der Waals surface area contributed by atoms with Gasteiger partial charge in [0.25, 0.3) is 0 Å². The highest BCUT2D eigenvalue weighted by molar-refractivity contribution is 7.98. The summed E-state index contributed by atoms with van der Waals surface area (Å²) >= 11 is 1.32. The lowest BCUT2D eigenvalue weighted by atomic mass is 10.6. The van der Waals surface area contributed by atoms with Gasteiger partial charge < -0.3 is 4.98 Å². The number of hydrogen-bond acceptors (Lipinski definition) is 4. The molecule has 0 amide bonds. The first-order chi connectivity index (χ1) is 6.63. The van der Waals surface area contributed by atoms with Crippen LogP contribution in [0.4, 0.5) is 0 Å². The summed E-state index contributed by atoms with van der Waals surface area (Å²) in [6.07, 6.45) is 1.44. The molecule has 5 heteroatoms. The summed E-state index contributed by atoms with van der Waals surface area (Å²) in [5.41, 5.74) is 0.618. The maximum absolute atomic E-state index is 7.42. The number of rotatable bonds is 1. The summed E-state index contributed by atoms with van der Waals surface area (Å²) in [5.74, 6) is 0. The van der Waals surface area contributed by atoms with Crippen LogP contribution < -0.4 is 0 Å². The van der Waals surface area contributed by atoms with Gasteiger partial charge in [0.15, 0.2) is 7.06 Å². The standard InChI is InChI=1S/C6H6N4S/c1-11-6-4-5(8-2-7-4)9-3-10-6/h2-3H,1H3,(H,7,8,9,10)/i2D,3D/hD. The van der Waals surface area contributed by atoms with E-state index >= 15 is 0 Å². The number of fused-ring (bicyclic) bond motifs is 1. The van der Waals surface area contributed by atoms with Gasteiger partial charge in [-0.05, 0) is 6.26 Å². The van der Waals surface area contributed by atoms with E-state index in [1.165, 1.54) is 11.8 Å². The molecule has 4 nitrogen and oxygen atoms in total. The normalized spacial score (nSPS) is 14.5. The van der Waals surface area contributed by atoms with E-state index in [9.17, 15) is 0 Å². The molecule has 0 aromatic carbocycles. The van der Waals surface area contributed by atoms with Gasteiger partial charge >= 0.3 is 0 Å². The summed E-state index contributed by atoms with van der Waals surface area (Å²) in [6, 6.07) is 0. The summed E-state index contributed by atoms with van der Waals surface area (Å²) in [5, 5.41) is 0.527. The second-order valence-electron chi connectivity index (χ2n) is 1.83. The zero-order valence-corrected chi connectivity index (χ0v) is 6.51. The molecule has 0 aliphatic rings. The molecule has 0 bridgehead atoms. The van der Waals surface area contributed by atoms with E-state index in [-0.39, 0.29) is 18.3 Å². The predicted octanol–water partition coefficient (Wildman–Crippen LogP) is 1.07. The number of aromatic amines is 1. The Morgan fingerprint density at radius 2 is 2.55 bits per heavy atom. The maximum atomic E-state index is 7.42. The van der Waals surface area contributed by atoms with Crippen molar-refractivity contribution in [1.29, 1.82) is 0 Å². The second kappa shape index (κ2) is 2.50. The van der Waals surface area contributed by atoms with Gasteiger partial charge in [-0.1, -0.05) is 0 Å². The third-order valence-corrected chi connectivity index (χ3v) is 1.90. The molecule has 0 unspecified atom stereocenters. The van der Waals surface area contributed by atoms with Crippen LogP contribution in [0, 0.1) is 0 Å². The predicted molar refractivity (Wildman–Crippen MR) is 43.5 cm³/mol. The Bertz CT molecular complexity index is 497. The molecule has 0 fully saturated rings. The Labute approximate surface area is 71.7 Å². The molecule has 2 aromatic rings. The van der Waals surface area contributed by atoms with Crippen molar-refractivity contribution in [3.8, 4) is 0 Å². The van der Waals surface area contributed by atoms with Crippen LogP contribution in [-0.2, 0) is 0 Å². The van der Waals surface area contributed by atoms with E-state index < -0.39 is 0 Å². The lowest BCUT2D eigenvalue weighted by Crippen LogP contribution is -1.83. The van der Waals surface area contributed by atoms with Gasteiger partial charge in [0.1, 0.15) is 19.6 Å². The molecule has 0 aliphatic carbocycles. The van der Waals surface area contributed by atoms with Gasteiger partial charge in [-0.3, -0.25) is 0 Å². The SMILES string of the molecule is [2H]c1nc(SC)c2nc([2H])n([2H])c2n1. The third-order valence-electron chi connectivity index (χ3n) is 1.23. The highest BCUT2D eigenvalue weighted by atomic mass is 32.2. The molecule has 0 saturated heterocycles. The van der Waals surface area contributed by atoms with Crippen LogP contribution in [0.25, 0.3) is 11.2 Å². The van der Waals surface area contributed by atoms with E-state index in [2.05, 4.69) is 15.0 Å². The van der Waals surface area contributed by atoms with E-state index in [0.717, 1.165) is 4.98 Å². The average molecular weight is 169 g/mol. The van der Waals surface area contributed by atoms with Crippen molar-refractivity contribution >= 4 is 22.9 Å². The molecule has 2 heterocycles. The van der Waals surface area contributed by atoms with Crippen LogP contribution in [-0.4, -0.2) is 26.2 Å². The van der Waals surface area contributed by atoms with Crippen LogP contribution >= 0.6 is 11.8 Å². The molecule has 11 heavy (non-hydrogen) atoms. The Morgan fingerprint density at radius 3 is 3.36 bits per heavy atom. The quantitative estimate of drug-likeness (QED) is 0.512. The largest absolute Gasteiger partial charge is 0.329 e. The van der Waals surface area contributed by atoms with Crippen molar-refractivity contribution in [2.75, 3.05) is 6.26 Å². The number of nitrogens with one attached hydrogen (secondary N) is 1. The van der Waals surface area contributed by atoms with Gasteiger partial charge in [0.05, 0.1) is 6.30 Å². The molecular formula is C6H6N4S. The van der Waals surface area contributed by atoms with Crippen molar-refractivity contribution in [2.24, 2.45) is 0 Å². The van der Waals surface area contributed by atoms with Crippen molar-refractivity contribution in [1.82, 2.24) is 19.9 Å². The van der Waals surface area contributed by atoms with E-state index in [0.29, 0.717) is 10.5 Å². The van der Waals surface area contributed by atoms with Crippen LogP contribution in [0.3, 0.4) is 0 Å². The molecule has 2 rings (SSSR count). The lowest BCUT2D eigenvalue weighted by Gasteiger charge is -1.92. The monoisotopic (exact) mass is 169 g/mol. The number of imidazole rings is 1. The van der Waals surface area contributed by atoms with Gasteiger partial charge in [-0.2, -0.15) is 0 Å². The highest BCUT2D eigenvalue weighted by Crippen LogP contribution is 2.18. The first-order valence-electron chi connectivity index (χ1n) is 4.35. The summed E-state index contributed by atoms with van der Waals surface area (Å²) in [6.45, 7) is 0. The number of hydrogen-bond donors (Lipinski definition) is 1. The topological polar surface area (TPSA) is 54.5 Å². The van der Waals surface area contributed by atoms with Gasteiger partial charge in [-0.15, -0.1) is 11.8 Å². The second-order valence-corrected chi connectivity index (χ2v) is 2.62. The molecule has 0 aliphatic heterocycles. The fourth-order valence-corrected chi connectivity index (χ4v) is 1.22.